The molecule has 0 spiro atoms. The second-order valence-electron chi connectivity index (χ2n) is 4.19. The number of amides is 1. The van der Waals surface area contributed by atoms with Crippen molar-refractivity contribution in [3.8, 4) is 0 Å². The molecule has 0 radical (unpaired) electrons. The van der Waals surface area contributed by atoms with Crippen molar-refractivity contribution in [3.63, 3.8) is 0 Å². The van der Waals surface area contributed by atoms with Gasteiger partial charge in [-0.1, -0.05) is 0 Å². The van der Waals surface area contributed by atoms with E-state index in [9.17, 15) is 13.2 Å². The maximum Gasteiger partial charge on any atom is 0.250 e. The molecule has 1 fully saturated rings. The molecular formula is C10H15N3O3S2. The van der Waals surface area contributed by atoms with E-state index in [1.54, 1.807) is 5.38 Å². The Morgan fingerprint density at radius 3 is 2.78 bits per heavy atom. The summed E-state index contributed by atoms with van der Waals surface area (Å²) in [6, 6.07) is 1.70. The number of hydrogen-bond acceptors (Lipinski definition) is 5. The zero-order valence-corrected chi connectivity index (χ0v) is 11.3. The van der Waals surface area contributed by atoms with Crippen LogP contribution in [0.5, 0.6) is 0 Å². The number of carbonyl (C=O) groups excluding carboxylic acids is 1. The molecular weight excluding hydrogens is 274 g/mol. The minimum Gasteiger partial charge on any atom is -0.398 e. The van der Waals surface area contributed by atoms with Crippen molar-refractivity contribution in [2.75, 3.05) is 12.3 Å². The average molecular weight is 289 g/mol. The van der Waals surface area contributed by atoms with E-state index in [0.717, 1.165) is 24.2 Å². The van der Waals surface area contributed by atoms with Gasteiger partial charge in [0.25, 0.3) is 0 Å². The van der Waals surface area contributed by atoms with Gasteiger partial charge in [0.05, 0.1) is 0 Å². The van der Waals surface area contributed by atoms with Gasteiger partial charge >= 0.3 is 0 Å². The third-order valence-electron chi connectivity index (χ3n) is 2.45. The number of nitrogens with two attached hydrogens (primary N) is 1. The lowest BCUT2D eigenvalue weighted by Crippen LogP contribution is -2.31. The Kier molecular flexibility index (Phi) is 3.88. The van der Waals surface area contributed by atoms with Crippen molar-refractivity contribution in [3.05, 3.63) is 11.4 Å². The molecule has 0 aliphatic heterocycles. The van der Waals surface area contributed by atoms with E-state index in [-0.39, 0.29) is 23.1 Å². The van der Waals surface area contributed by atoms with Crippen molar-refractivity contribution in [2.24, 2.45) is 0 Å². The molecule has 8 heteroatoms. The monoisotopic (exact) mass is 289 g/mol. The Balaban J connectivity index is 1.79. The van der Waals surface area contributed by atoms with Crippen LogP contribution in [0.15, 0.2) is 15.7 Å². The van der Waals surface area contributed by atoms with Crippen LogP contribution in [-0.2, 0) is 14.8 Å². The number of sulfonamides is 1. The predicted molar refractivity (Wildman–Crippen MR) is 69.7 cm³/mol. The van der Waals surface area contributed by atoms with E-state index in [1.807, 2.05) is 0 Å². The van der Waals surface area contributed by atoms with Gasteiger partial charge in [-0.3, -0.25) is 4.79 Å². The molecule has 0 aromatic carbocycles. The van der Waals surface area contributed by atoms with Crippen LogP contribution >= 0.6 is 11.3 Å². The van der Waals surface area contributed by atoms with Gasteiger partial charge in [-0.05, 0) is 18.9 Å². The highest BCUT2D eigenvalue weighted by atomic mass is 32.2. The number of hydrogen-bond donors (Lipinski definition) is 3. The van der Waals surface area contributed by atoms with Gasteiger partial charge in [-0.15, -0.1) is 11.3 Å². The van der Waals surface area contributed by atoms with Gasteiger partial charge in [-0.25, -0.2) is 13.1 Å². The van der Waals surface area contributed by atoms with Crippen LogP contribution in [0.25, 0.3) is 0 Å². The lowest BCUT2D eigenvalue weighted by molar-refractivity contribution is -0.121. The molecule has 0 bridgehead atoms. The van der Waals surface area contributed by atoms with E-state index in [0.29, 0.717) is 11.7 Å². The molecule has 1 aromatic heterocycles. The van der Waals surface area contributed by atoms with Gasteiger partial charge in [-0.2, -0.15) is 0 Å². The molecule has 1 aliphatic rings. The highest BCUT2D eigenvalue weighted by molar-refractivity contribution is 7.91. The molecule has 1 amide bonds. The largest absolute Gasteiger partial charge is 0.398 e. The van der Waals surface area contributed by atoms with Crippen molar-refractivity contribution in [2.45, 2.75) is 29.5 Å². The summed E-state index contributed by atoms with van der Waals surface area (Å²) in [5, 5.41) is 4.36. The zero-order valence-electron chi connectivity index (χ0n) is 9.68. The molecule has 0 atom stereocenters. The smallest absolute Gasteiger partial charge is 0.250 e. The summed E-state index contributed by atoms with van der Waals surface area (Å²) >= 11 is 1.06. The van der Waals surface area contributed by atoms with Gasteiger partial charge in [0.1, 0.15) is 4.21 Å². The van der Waals surface area contributed by atoms with Crippen molar-refractivity contribution in [1.29, 1.82) is 0 Å². The first-order chi connectivity index (χ1) is 8.47. The molecule has 1 saturated carbocycles. The Labute approximate surface area is 110 Å². The predicted octanol–water partition coefficient (Wildman–Crippen LogP) is 0.277. The van der Waals surface area contributed by atoms with E-state index in [2.05, 4.69) is 10.0 Å². The normalized spacial score (nSPS) is 15.6. The molecule has 0 saturated heterocycles. The topological polar surface area (TPSA) is 101 Å². The zero-order chi connectivity index (χ0) is 13.2. The van der Waals surface area contributed by atoms with Crippen LogP contribution < -0.4 is 15.8 Å². The van der Waals surface area contributed by atoms with Crippen molar-refractivity contribution in [1.82, 2.24) is 10.0 Å². The summed E-state index contributed by atoms with van der Waals surface area (Å²) in [7, 11) is -3.54. The summed E-state index contributed by atoms with van der Waals surface area (Å²) in [5.41, 5.74) is 5.89. The number of carbonyl (C=O) groups is 1. The first-order valence-corrected chi connectivity index (χ1v) is 7.97. The standard InChI is InChI=1S/C10H15N3O3S2/c11-7-5-10(17-6-7)18(15,16)12-4-3-9(14)13-8-1-2-8/h5-6,8,12H,1-4,11H2,(H,13,14). The van der Waals surface area contributed by atoms with Crippen LogP contribution in [0.4, 0.5) is 5.69 Å². The number of rotatable bonds is 6. The summed E-state index contributed by atoms with van der Waals surface area (Å²) in [6.07, 6.45) is 2.19. The minimum absolute atomic E-state index is 0.0959. The Hall–Kier alpha value is -1.12. The molecule has 4 N–H and O–H groups in total. The minimum atomic E-state index is -3.54. The van der Waals surface area contributed by atoms with E-state index >= 15 is 0 Å². The summed E-state index contributed by atoms with van der Waals surface area (Å²) < 4.78 is 26.1. The fourth-order valence-corrected chi connectivity index (χ4v) is 3.53. The first-order valence-electron chi connectivity index (χ1n) is 5.60. The molecule has 18 heavy (non-hydrogen) atoms. The van der Waals surface area contributed by atoms with Gasteiger partial charge in [0, 0.05) is 30.1 Å². The lowest BCUT2D eigenvalue weighted by Gasteiger charge is -2.05. The second kappa shape index (κ2) is 5.25. The molecule has 1 aromatic rings. The molecule has 1 aliphatic carbocycles. The molecule has 6 nitrogen and oxygen atoms in total. The molecule has 2 rings (SSSR count). The fourth-order valence-electron chi connectivity index (χ4n) is 1.37. The second-order valence-corrected chi connectivity index (χ2v) is 7.09. The average Bonchev–Trinajstić information content (AvgIpc) is 2.97. The SMILES string of the molecule is Nc1csc(S(=O)(=O)NCCC(=O)NC2CC2)c1. The maximum atomic E-state index is 11.8. The Morgan fingerprint density at radius 2 is 2.22 bits per heavy atom. The van der Waals surface area contributed by atoms with E-state index in [4.69, 9.17) is 5.73 Å². The van der Waals surface area contributed by atoms with Crippen molar-refractivity contribution >= 4 is 33.0 Å². The molecule has 100 valence electrons. The van der Waals surface area contributed by atoms with Gasteiger partial charge < -0.3 is 11.1 Å². The molecule has 1 heterocycles. The summed E-state index contributed by atoms with van der Waals surface area (Å²) in [4.78, 5) is 11.4. The van der Waals surface area contributed by atoms with Crippen LogP contribution in [0.3, 0.4) is 0 Å². The highest BCUT2D eigenvalue weighted by Crippen LogP contribution is 2.21. The van der Waals surface area contributed by atoms with Crippen LogP contribution in [0.2, 0.25) is 0 Å². The summed E-state index contributed by atoms with van der Waals surface area (Å²) in [6.45, 7) is 0.0959. The number of nitrogens with one attached hydrogen (secondary N) is 2. The first kappa shape index (κ1) is 13.3. The number of anilines is 1. The van der Waals surface area contributed by atoms with Crippen LogP contribution in [0.1, 0.15) is 19.3 Å². The van der Waals surface area contributed by atoms with Gasteiger partial charge in [0.2, 0.25) is 15.9 Å². The van der Waals surface area contributed by atoms with E-state index in [1.165, 1.54) is 6.07 Å². The van der Waals surface area contributed by atoms with E-state index < -0.39 is 10.0 Å². The highest BCUT2D eigenvalue weighted by Gasteiger charge is 2.23. The fraction of sp³-hybridized carbons (Fsp3) is 0.500. The van der Waals surface area contributed by atoms with Gasteiger partial charge in [0.15, 0.2) is 0 Å². The maximum absolute atomic E-state index is 11.8. The number of thiophene rings is 1. The Morgan fingerprint density at radius 1 is 1.50 bits per heavy atom. The lowest BCUT2D eigenvalue weighted by atomic mass is 10.4. The third kappa shape index (κ3) is 3.69. The van der Waals surface area contributed by atoms with Crippen LogP contribution in [-0.4, -0.2) is 26.9 Å². The van der Waals surface area contributed by atoms with Crippen LogP contribution in [0, 0.1) is 0 Å². The quantitative estimate of drug-likeness (QED) is 0.700. The summed E-state index contributed by atoms with van der Waals surface area (Å²) in [5.74, 6) is -0.120. The molecule has 0 unspecified atom stereocenters. The third-order valence-corrected chi connectivity index (χ3v) is 5.37. The van der Waals surface area contributed by atoms with Crippen molar-refractivity contribution < 1.29 is 13.2 Å². The Bertz CT molecular complexity index is 534. The number of nitrogen functional groups attached to an aromatic ring is 1.